The monoisotopic (exact) mass is 1080 g/mol. The number of imide groups is 1. The first-order chi connectivity index (χ1) is 36.9. The number of likely N-dealkylation sites (tertiary alicyclic amines) is 1. The van der Waals surface area contributed by atoms with Crippen LogP contribution in [0.15, 0.2) is 47.3 Å². The van der Waals surface area contributed by atoms with Crippen LogP contribution in [0.5, 0.6) is 0 Å². The lowest BCUT2D eigenvalue weighted by atomic mass is 9.81. The van der Waals surface area contributed by atoms with Crippen LogP contribution in [-0.2, 0) is 79.5 Å². The van der Waals surface area contributed by atoms with Crippen molar-refractivity contribution in [2.45, 2.75) is 116 Å². The standard InChI is InChI=1S/C54H62FN9O12S/c1-4-54(75)35-21-40-49-33(26-64(40)52(73)34(35)27-76-53(54)74)48-37(15-14-32-30(3)36(55)22-38(62-49)47(32)48)60-42(66)16-18-77-28-59-44(68)24-58-50(71)39(20-31-11-7-5-8-12-31)61-45(69)25-57-43(67)23-56-41(65)13-9-6-10-17-63-46(70)19-29(2)51(63)72/h5,7-8,11-12,21-22,29,37,39,75H,4,6,9-10,13-20,23-28H2,1-3H3,(H,56,65)(H,57,67)(H,58,71)(H,59,68)(H,60,66)(H,61,69)/t29?,37-,39-,54-/m0/s1. The number of aliphatic hydroxyl groups is 1. The van der Waals surface area contributed by atoms with Crippen LogP contribution in [0.1, 0.15) is 110 Å². The van der Waals surface area contributed by atoms with Crippen molar-refractivity contribution in [1.82, 2.24) is 46.4 Å². The summed E-state index contributed by atoms with van der Waals surface area (Å²) in [5.74, 6) is -4.71. The zero-order chi connectivity index (χ0) is 55.1. The molecule has 77 heavy (non-hydrogen) atoms. The van der Waals surface area contributed by atoms with Crippen LogP contribution in [0.2, 0.25) is 0 Å². The summed E-state index contributed by atoms with van der Waals surface area (Å²) in [4.78, 5) is 134. The van der Waals surface area contributed by atoms with Crippen LogP contribution in [-0.4, -0.2) is 117 Å². The maximum Gasteiger partial charge on any atom is 0.343 e. The number of carbonyl (C=O) groups excluding carboxylic acids is 9. The van der Waals surface area contributed by atoms with Crippen molar-refractivity contribution in [3.05, 3.63) is 97.6 Å². The molecular formula is C54H62FN9O12S. The average molecular weight is 1080 g/mol. The van der Waals surface area contributed by atoms with Crippen LogP contribution in [0.25, 0.3) is 22.3 Å². The Hall–Kier alpha value is -7.53. The van der Waals surface area contributed by atoms with Crippen LogP contribution in [0.4, 0.5) is 4.39 Å². The molecule has 7 N–H and O–H groups in total. The predicted molar refractivity (Wildman–Crippen MR) is 279 cm³/mol. The summed E-state index contributed by atoms with van der Waals surface area (Å²) in [6.07, 6.45) is 3.00. The Morgan fingerprint density at radius 2 is 1.61 bits per heavy atom. The molecule has 4 aromatic rings. The Kier molecular flexibility index (Phi) is 17.5. The second kappa shape index (κ2) is 24.2. The molecule has 0 saturated carbocycles. The van der Waals surface area contributed by atoms with E-state index in [0.29, 0.717) is 77.8 Å². The summed E-state index contributed by atoms with van der Waals surface area (Å²) >= 11 is 1.27. The van der Waals surface area contributed by atoms with Gasteiger partial charge < -0.3 is 46.3 Å². The third-order valence-corrected chi connectivity index (χ3v) is 15.4. The average Bonchev–Trinajstić information content (AvgIpc) is 3.95. The highest BCUT2D eigenvalue weighted by Gasteiger charge is 2.46. The van der Waals surface area contributed by atoms with Gasteiger partial charge in [-0.2, -0.15) is 0 Å². The SMILES string of the molecule is CC[C@@]1(O)C(=O)OCc2c1cc1n(c2=O)Cc2c-1nc1cc(F)c(C)c3c1c2[C@@H](NC(=O)CCSCNC(=O)CNC(=O)[C@H](Cc1ccccc1)NC(=O)CNC(=O)CNC(=O)CCCCCN1C(=O)CC(C)C1=O)CC3. The summed E-state index contributed by atoms with van der Waals surface area (Å²) in [5.41, 5.74) is 2.31. The maximum atomic E-state index is 15.4. The van der Waals surface area contributed by atoms with Crippen molar-refractivity contribution < 1.29 is 57.4 Å². The Labute approximate surface area is 446 Å². The molecule has 8 rings (SSSR count). The highest BCUT2D eigenvalue weighted by atomic mass is 32.2. The van der Waals surface area contributed by atoms with E-state index in [0.717, 1.165) is 16.7 Å². The van der Waals surface area contributed by atoms with Gasteiger partial charge in [-0.3, -0.25) is 48.1 Å². The van der Waals surface area contributed by atoms with Crippen LogP contribution in [0.3, 0.4) is 0 Å². The lowest BCUT2D eigenvalue weighted by molar-refractivity contribution is -0.172. The van der Waals surface area contributed by atoms with Gasteiger partial charge in [-0.05, 0) is 67.3 Å². The molecule has 8 amide bonds. The fraction of sp³-hybridized carbons (Fsp3) is 0.463. The van der Waals surface area contributed by atoms with Gasteiger partial charge in [-0.1, -0.05) is 50.6 Å². The Bertz CT molecular complexity index is 3120. The van der Waals surface area contributed by atoms with Gasteiger partial charge >= 0.3 is 5.97 Å². The van der Waals surface area contributed by atoms with E-state index in [1.54, 1.807) is 57.2 Å². The summed E-state index contributed by atoms with van der Waals surface area (Å²) in [6, 6.07) is 10.2. The fourth-order valence-electron chi connectivity index (χ4n) is 10.3. The minimum absolute atomic E-state index is 0.0321. The van der Waals surface area contributed by atoms with E-state index < -0.39 is 71.7 Å². The number of benzene rings is 2. The molecule has 408 valence electrons. The molecule has 1 saturated heterocycles. The molecule has 2 aromatic carbocycles. The minimum Gasteiger partial charge on any atom is -0.458 e. The van der Waals surface area contributed by atoms with Crippen molar-refractivity contribution in [2.24, 2.45) is 5.92 Å². The van der Waals surface area contributed by atoms with Gasteiger partial charge in [0.1, 0.15) is 18.5 Å². The molecule has 4 atom stereocenters. The second-order valence-electron chi connectivity index (χ2n) is 19.8. The molecule has 4 aliphatic rings. The lowest BCUT2D eigenvalue weighted by Crippen LogP contribution is -2.52. The first-order valence-electron chi connectivity index (χ1n) is 25.8. The van der Waals surface area contributed by atoms with Crippen molar-refractivity contribution in [3.8, 4) is 11.4 Å². The summed E-state index contributed by atoms with van der Waals surface area (Å²) in [5, 5.41) is 28.0. The molecule has 23 heteroatoms. The van der Waals surface area contributed by atoms with E-state index >= 15 is 4.39 Å². The van der Waals surface area contributed by atoms with Gasteiger partial charge in [-0.25, -0.2) is 14.2 Å². The zero-order valence-corrected chi connectivity index (χ0v) is 43.9. The quantitative estimate of drug-likeness (QED) is 0.0213. The third-order valence-electron chi connectivity index (χ3n) is 14.6. The predicted octanol–water partition coefficient (Wildman–Crippen LogP) is 1.86. The van der Waals surface area contributed by atoms with E-state index in [2.05, 4.69) is 31.9 Å². The summed E-state index contributed by atoms with van der Waals surface area (Å²) in [6.45, 7) is 3.83. The number of nitrogens with one attached hydrogen (secondary N) is 6. The van der Waals surface area contributed by atoms with E-state index in [1.165, 1.54) is 27.3 Å². The fourth-order valence-corrected chi connectivity index (χ4v) is 11.1. The molecular weight excluding hydrogens is 1020 g/mol. The van der Waals surface area contributed by atoms with Crippen molar-refractivity contribution >= 4 is 75.9 Å². The Balaban J connectivity index is 0.782. The number of hydrogen-bond acceptors (Lipinski definition) is 14. The number of carbonyl (C=O) groups is 9. The molecule has 2 aromatic heterocycles. The maximum absolute atomic E-state index is 15.4. The van der Waals surface area contributed by atoms with Gasteiger partial charge in [0.15, 0.2) is 5.60 Å². The number of pyridine rings is 2. The van der Waals surface area contributed by atoms with Gasteiger partial charge in [0.05, 0.1) is 60.6 Å². The zero-order valence-electron chi connectivity index (χ0n) is 43.1. The second-order valence-corrected chi connectivity index (χ2v) is 20.9. The topological polar surface area (TPSA) is 293 Å². The number of cyclic esters (lactones) is 1. The van der Waals surface area contributed by atoms with E-state index in [1.807, 2.05) is 0 Å². The van der Waals surface area contributed by atoms with Crippen molar-refractivity contribution in [1.29, 1.82) is 0 Å². The molecule has 21 nitrogen and oxygen atoms in total. The van der Waals surface area contributed by atoms with Crippen molar-refractivity contribution in [3.63, 3.8) is 0 Å². The summed E-state index contributed by atoms with van der Waals surface area (Å²) in [7, 11) is 0. The molecule has 1 unspecified atom stereocenters. The number of ether oxygens (including phenoxy) is 1. The number of aromatic nitrogens is 2. The number of rotatable bonds is 23. The van der Waals surface area contributed by atoms with Gasteiger partial charge in [0.25, 0.3) is 5.56 Å². The number of fused-ring (bicyclic) bond motifs is 5. The normalized spacial score (nSPS) is 18.4. The third kappa shape index (κ3) is 12.4. The minimum atomic E-state index is -2.03. The summed E-state index contributed by atoms with van der Waals surface area (Å²) < 4.78 is 22.1. The van der Waals surface area contributed by atoms with Crippen LogP contribution in [0, 0.1) is 18.7 Å². The smallest absolute Gasteiger partial charge is 0.343 e. The number of nitrogens with zero attached hydrogens (tertiary/aromatic N) is 3. The van der Waals surface area contributed by atoms with Gasteiger partial charge in [0.2, 0.25) is 47.3 Å². The van der Waals surface area contributed by atoms with Crippen molar-refractivity contribution in [2.75, 3.05) is 37.8 Å². The molecule has 0 spiro atoms. The number of hydrogen-bond donors (Lipinski definition) is 7. The number of unbranched alkanes of at least 4 members (excludes halogenated alkanes) is 2. The van der Waals surface area contributed by atoms with E-state index in [9.17, 15) is 53.1 Å². The molecule has 1 fully saturated rings. The number of amides is 8. The number of esters is 1. The molecule has 3 aliphatic heterocycles. The van der Waals surface area contributed by atoms with E-state index in [-0.39, 0.29) is 98.4 Å². The lowest BCUT2D eigenvalue weighted by Gasteiger charge is -2.31. The highest BCUT2D eigenvalue weighted by Crippen LogP contribution is 2.46. The number of aryl methyl sites for hydroxylation is 1. The largest absolute Gasteiger partial charge is 0.458 e. The van der Waals surface area contributed by atoms with Gasteiger partial charge in [0, 0.05) is 66.5 Å². The number of halogens is 1. The van der Waals surface area contributed by atoms with Gasteiger partial charge in [-0.15, -0.1) is 11.8 Å². The molecule has 1 aliphatic carbocycles. The number of thioether (sulfide) groups is 1. The first-order valence-corrected chi connectivity index (χ1v) is 27.0. The molecule has 0 radical (unpaired) electrons. The van der Waals surface area contributed by atoms with Crippen LogP contribution >= 0.6 is 11.8 Å². The Morgan fingerprint density at radius 1 is 0.883 bits per heavy atom. The Morgan fingerprint density at radius 3 is 2.35 bits per heavy atom. The first kappa shape index (κ1) is 55.7. The van der Waals surface area contributed by atoms with E-state index in [4.69, 9.17) is 9.72 Å². The molecule has 5 heterocycles. The highest BCUT2D eigenvalue weighted by molar-refractivity contribution is 7.99. The molecule has 0 bridgehead atoms. The van der Waals surface area contributed by atoms with Crippen LogP contribution < -0.4 is 37.5 Å².